The largest absolute Gasteiger partial charge is 0.386 e. The van der Waals surface area contributed by atoms with Crippen LogP contribution in [0.15, 0.2) is 153 Å². The van der Waals surface area contributed by atoms with Gasteiger partial charge in [-0.1, -0.05) is 72.8 Å². The van der Waals surface area contributed by atoms with Crippen molar-refractivity contribution in [2.45, 2.75) is 59.4 Å². The van der Waals surface area contributed by atoms with Gasteiger partial charge in [-0.05, 0) is 110 Å². The van der Waals surface area contributed by atoms with Gasteiger partial charge in [-0.3, -0.25) is 4.31 Å². The molecule has 0 aliphatic carbocycles. The number of nitrogens with one attached hydrogen (secondary N) is 1. The van der Waals surface area contributed by atoms with E-state index in [4.69, 9.17) is 0 Å². The molecule has 0 saturated carbocycles. The Labute approximate surface area is 409 Å². The van der Waals surface area contributed by atoms with Crippen molar-refractivity contribution < 1.29 is 35.5 Å². The molecule has 0 bridgehead atoms. The third kappa shape index (κ3) is 12.3. The van der Waals surface area contributed by atoms with Crippen LogP contribution in [0.2, 0.25) is 0 Å². The van der Waals surface area contributed by atoms with Crippen LogP contribution in [0.4, 0.5) is 22.7 Å². The Bertz CT molecular complexity index is 2880. The Hall–Kier alpha value is -4.83. The van der Waals surface area contributed by atoms with Crippen LogP contribution >= 0.6 is 22.7 Å². The van der Waals surface area contributed by atoms with E-state index >= 15 is 0 Å². The smallest absolute Gasteiger partial charge is 0.252 e. The molecule has 364 valence electrons. The van der Waals surface area contributed by atoms with E-state index in [0.29, 0.717) is 42.6 Å². The summed E-state index contributed by atoms with van der Waals surface area (Å²) >= 11 is 2.42. The summed E-state index contributed by atoms with van der Waals surface area (Å²) in [5, 5.41) is 27.6. The second kappa shape index (κ2) is 21.0. The third-order valence-corrected chi connectivity index (χ3v) is 19.7. The molecule has 0 unspecified atom stereocenters. The number of thiophene rings is 2. The molecule has 3 N–H and O–H groups in total. The molecule has 2 aliphatic rings. The van der Waals surface area contributed by atoms with Gasteiger partial charge in [-0.25, -0.2) is 25.3 Å². The number of benzene rings is 4. The topological polar surface area (TPSA) is 171 Å². The molecular formula is C49H60N6O8S5. The van der Waals surface area contributed by atoms with Gasteiger partial charge in [-0.2, -0.15) is 8.61 Å². The molecule has 4 heterocycles. The second-order valence-electron chi connectivity index (χ2n) is 17.9. The van der Waals surface area contributed by atoms with E-state index in [2.05, 4.69) is 15.1 Å². The van der Waals surface area contributed by atoms with Gasteiger partial charge in [0.25, 0.3) is 20.0 Å². The molecule has 2 aromatic heterocycles. The molecule has 4 aromatic carbocycles. The number of nitrogens with zero attached hydrogens (tertiary/aromatic N) is 5. The summed E-state index contributed by atoms with van der Waals surface area (Å²) < 4.78 is 83.5. The molecule has 8 rings (SSSR count). The van der Waals surface area contributed by atoms with Crippen molar-refractivity contribution in [3.8, 4) is 0 Å². The molecule has 68 heavy (non-hydrogen) atoms. The number of hydrogen-bond donors (Lipinski definition) is 3. The lowest BCUT2D eigenvalue weighted by molar-refractivity contribution is 0.0780. The van der Waals surface area contributed by atoms with Crippen LogP contribution in [0.5, 0.6) is 0 Å². The first-order valence-electron chi connectivity index (χ1n) is 22.2. The van der Waals surface area contributed by atoms with Crippen LogP contribution in [0.25, 0.3) is 0 Å². The average Bonchev–Trinajstić information content (AvgIpc) is 4.08. The van der Waals surface area contributed by atoms with Crippen molar-refractivity contribution >= 4 is 75.5 Å². The highest BCUT2D eigenvalue weighted by atomic mass is 32.3. The summed E-state index contributed by atoms with van der Waals surface area (Å²) in [6.45, 7) is 9.85. The minimum Gasteiger partial charge on any atom is -0.386 e. The summed E-state index contributed by atoms with van der Waals surface area (Å²) in [5.41, 5.74) is 3.08. The number of para-hydroxylation sites is 2. The zero-order valence-corrected chi connectivity index (χ0v) is 42.9. The predicted octanol–water partition coefficient (Wildman–Crippen LogP) is 7.29. The zero-order valence-electron chi connectivity index (χ0n) is 38.8. The van der Waals surface area contributed by atoms with Gasteiger partial charge < -0.3 is 25.3 Å². The minimum atomic E-state index is -3.70. The number of aliphatic hydroxyl groups is 2. The Morgan fingerprint density at radius 2 is 1.00 bits per heavy atom. The monoisotopic (exact) mass is 1020 g/mol. The summed E-state index contributed by atoms with van der Waals surface area (Å²) in [6.07, 6.45) is 1.16. The molecular weight excluding hydrogens is 961 g/mol. The molecule has 0 amide bonds. The third-order valence-electron chi connectivity index (χ3n) is 12.0. The van der Waals surface area contributed by atoms with E-state index < -0.39 is 47.3 Å². The molecule has 14 nitrogen and oxygen atoms in total. The first-order chi connectivity index (χ1) is 32.1. The summed E-state index contributed by atoms with van der Waals surface area (Å²) in [5.74, 6) is 0. The second-order valence-corrected chi connectivity index (χ2v) is 26.0. The SMILES string of the molecule is CC(C)(O)c1ccc(N2CCN(S(=O)(=O)c3cccs3)C[C@@H]2CN(c2ccccc2)S(C)(=O)=O)cc1.CC(C)(O)c1ccc(N2CCN(S(=O)(=O)c3cccs3)C[C@@H]2CNc2ccccc2)cc1. The van der Waals surface area contributed by atoms with E-state index in [1.54, 1.807) is 91.3 Å². The maximum Gasteiger partial charge on any atom is 0.252 e. The van der Waals surface area contributed by atoms with Gasteiger partial charge in [0.05, 0.1) is 41.8 Å². The molecule has 19 heteroatoms. The van der Waals surface area contributed by atoms with Crippen LogP contribution in [-0.4, -0.2) is 115 Å². The van der Waals surface area contributed by atoms with E-state index in [9.17, 15) is 35.5 Å². The van der Waals surface area contributed by atoms with Crippen molar-refractivity contribution in [3.05, 3.63) is 155 Å². The fourth-order valence-corrected chi connectivity index (χ4v) is 14.5. The Kier molecular flexibility index (Phi) is 15.8. The highest BCUT2D eigenvalue weighted by Gasteiger charge is 2.38. The van der Waals surface area contributed by atoms with Crippen LogP contribution < -0.4 is 19.4 Å². The van der Waals surface area contributed by atoms with Crippen LogP contribution in [0, 0.1) is 0 Å². The van der Waals surface area contributed by atoms with Gasteiger partial charge in [0, 0.05) is 62.9 Å². The first-order valence-corrected chi connectivity index (χ1v) is 28.7. The van der Waals surface area contributed by atoms with Crippen molar-refractivity contribution in [3.63, 3.8) is 0 Å². The molecule has 2 aliphatic heterocycles. The van der Waals surface area contributed by atoms with Crippen LogP contribution in [-0.2, 0) is 41.3 Å². The maximum absolute atomic E-state index is 13.3. The Morgan fingerprint density at radius 3 is 1.41 bits per heavy atom. The Morgan fingerprint density at radius 1 is 0.574 bits per heavy atom. The molecule has 2 saturated heterocycles. The summed E-state index contributed by atoms with van der Waals surface area (Å²) in [7, 11) is -10.8. The van der Waals surface area contributed by atoms with Crippen LogP contribution in [0.3, 0.4) is 0 Å². The Balaban J connectivity index is 0.000000203. The van der Waals surface area contributed by atoms with Crippen molar-refractivity contribution in [2.24, 2.45) is 0 Å². The fourth-order valence-electron chi connectivity index (χ4n) is 8.31. The average molecular weight is 1020 g/mol. The lowest BCUT2D eigenvalue weighted by Crippen LogP contribution is -2.59. The maximum atomic E-state index is 13.3. The van der Waals surface area contributed by atoms with Crippen molar-refractivity contribution in [1.82, 2.24) is 8.61 Å². The minimum absolute atomic E-state index is 0.0494. The lowest BCUT2D eigenvalue weighted by Gasteiger charge is -2.43. The van der Waals surface area contributed by atoms with Gasteiger partial charge in [0.1, 0.15) is 8.42 Å². The van der Waals surface area contributed by atoms with Gasteiger partial charge in [-0.15, -0.1) is 22.7 Å². The highest BCUT2D eigenvalue weighted by Crippen LogP contribution is 2.32. The van der Waals surface area contributed by atoms with E-state index in [1.165, 1.54) is 31.3 Å². The van der Waals surface area contributed by atoms with Crippen molar-refractivity contribution in [2.75, 3.05) is 78.0 Å². The molecule has 0 spiro atoms. The van der Waals surface area contributed by atoms with Gasteiger partial charge in [0.2, 0.25) is 10.0 Å². The number of hydrogen-bond acceptors (Lipinski definition) is 13. The number of anilines is 4. The summed E-state index contributed by atoms with van der Waals surface area (Å²) in [4.78, 5) is 4.31. The van der Waals surface area contributed by atoms with Gasteiger partial charge >= 0.3 is 0 Å². The normalized spacial score (nSPS) is 17.9. The predicted molar refractivity (Wildman–Crippen MR) is 275 cm³/mol. The van der Waals surface area contributed by atoms with Crippen LogP contribution in [0.1, 0.15) is 38.8 Å². The lowest BCUT2D eigenvalue weighted by atomic mass is 9.98. The standard InChI is InChI=1S/C25H31N3O5S3.C24H29N3O3S2/c1-25(2,29)20-11-13-21(14-12-20)27-16-15-26(36(32,33)24-10-7-17-34-24)18-23(27)19-28(35(3,30)31)22-8-5-4-6-9-22;1-24(2,28)19-10-12-21(13-11-19)27-15-14-26(32(29,30)23-9-6-16-31-23)18-22(27)17-25-20-7-4-3-5-8-20/h4-14,17,23,29H,15-16,18-19H2,1-3H3;3-13,16,22,25,28H,14-15,17-18H2,1-2H3/t23-;22-/m10/s1. The van der Waals surface area contributed by atoms with E-state index in [-0.39, 0.29) is 29.9 Å². The zero-order chi connectivity index (χ0) is 48.9. The molecule has 2 fully saturated rings. The number of rotatable bonds is 15. The van der Waals surface area contributed by atoms with Crippen molar-refractivity contribution in [1.29, 1.82) is 0 Å². The molecule has 0 radical (unpaired) electrons. The van der Waals surface area contributed by atoms with E-state index in [1.807, 2.05) is 84.9 Å². The quantitative estimate of drug-likeness (QED) is 0.0944. The molecule has 2 atom stereocenters. The highest BCUT2D eigenvalue weighted by molar-refractivity contribution is 7.92. The van der Waals surface area contributed by atoms with E-state index in [0.717, 1.165) is 34.4 Å². The fraction of sp³-hybridized carbons (Fsp3) is 0.347. The number of sulfonamides is 3. The summed E-state index contributed by atoms with van der Waals surface area (Å²) in [6, 6.07) is 40.3. The first kappa shape index (κ1) is 51.0. The molecule has 6 aromatic rings. The van der Waals surface area contributed by atoms with Gasteiger partial charge in [0.15, 0.2) is 0 Å². The number of piperazine rings is 2.